The van der Waals surface area contributed by atoms with E-state index in [0.717, 1.165) is 22.0 Å². The minimum atomic E-state index is -0.0255. The Balaban J connectivity index is 2.03. The van der Waals surface area contributed by atoms with Crippen LogP contribution in [0.5, 0.6) is 5.75 Å². The van der Waals surface area contributed by atoms with Crippen LogP contribution in [0.3, 0.4) is 0 Å². The first-order valence-corrected chi connectivity index (χ1v) is 6.72. The van der Waals surface area contributed by atoms with Crippen molar-refractivity contribution in [3.05, 3.63) is 63.6 Å². The molecule has 0 unspecified atom stereocenters. The molecule has 3 heteroatoms. The number of aromatic hydroxyl groups is 1. The number of fused-ring (bicyclic) bond motifs is 1. The molecule has 1 aliphatic heterocycles. The molecule has 1 heterocycles. The van der Waals surface area contributed by atoms with E-state index >= 15 is 0 Å². The van der Waals surface area contributed by atoms with Crippen LogP contribution >= 0.6 is 15.9 Å². The molecule has 92 valence electrons. The fourth-order valence-corrected chi connectivity index (χ4v) is 2.62. The number of halogens is 1. The maximum atomic E-state index is 9.53. The highest BCUT2D eigenvalue weighted by Gasteiger charge is 2.22. The molecule has 2 nitrogen and oxygen atoms in total. The van der Waals surface area contributed by atoms with E-state index in [9.17, 15) is 5.11 Å². The minimum absolute atomic E-state index is 0.0255. The van der Waals surface area contributed by atoms with Gasteiger partial charge in [-0.05, 0) is 47.4 Å². The van der Waals surface area contributed by atoms with Crippen LogP contribution in [-0.4, -0.2) is 11.7 Å². The van der Waals surface area contributed by atoms with Crippen molar-refractivity contribution in [2.45, 2.75) is 12.5 Å². The molecule has 2 aromatic carbocycles. The molecule has 18 heavy (non-hydrogen) atoms. The van der Waals surface area contributed by atoms with Gasteiger partial charge in [0.25, 0.3) is 0 Å². The number of hydrogen-bond acceptors (Lipinski definition) is 2. The zero-order valence-electron chi connectivity index (χ0n) is 9.77. The number of benzene rings is 2. The summed E-state index contributed by atoms with van der Waals surface area (Å²) in [5.41, 5.74) is 3.47. The van der Waals surface area contributed by atoms with Crippen molar-refractivity contribution in [2.24, 2.45) is 0 Å². The van der Waals surface area contributed by atoms with Gasteiger partial charge >= 0.3 is 0 Å². The molecule has 0 fully saturated rings. The molecular weight excluding hydrogens is 292 g/mol. The molecule has 0 amide bonds. The van der Waals surface area contributed by atoms with E-state index < -0.39 is 0 Å². The largest absolute Gasteiger partial charge is 0.508 e. The van der Waals surface area contributed by atoms with Crippen molar-refractivity contribution in [1.29, 1.82) is 0 Å². The summed E-state index contributed by atoms with van der Waals surface area (Å²) in [6.07, 6.45) is 0.832. The topological polar surface area (TPSA) is 29.5 Å². The molecule has 0 radical (unpaired) electrons. The van der Waals surface area contributed by atoms with Crippen molar-refractivity contribution in [1.82, 2.24) is 0 Å². The zero-order chi connectivity index (χ0) is 12.5. The van der Waals surface area contributed by atoms with E-state index in [1.807, 2.05) is 24.3 Å². The number of phenolic OH excluding ortho intramolecular Hbond substituents is 1. The highest BCUT2D eigenvalue weighted by molar-refractivity contribution is 9.10. The quantitative estimate of drug-likeness (QED) is 0.868. The molecule has 0 bridgehead atoms. The number of hydrogen-bond donors (Lipinski definition) is 1. The van der Waals surface area contributed by atoms with E-state index in [4.69, 9.17) is 4.74 Å². The predicted octanol–water partition coefficient (Wildman–Crippen LogP) is 3.82. The summed E-state index contributed by atoms with van der Waals surface area (Å²) < 4.78 is 6.94. The van der Waals surface area contributed by atoms with Crippen molar-refractivity contribution >= 4 is 15.9 Å². The molecule has 0 saturated carbocycles. The molecule has 0 aromatic heterocycles. The summed E-state index contributed by atoms with van der Waals surface area (Å²) in [5, 5.41) is 9.53. The zero-order valence-corrected chi connectivity index (χ0v) is 11.4. The summed E-state index contributed by atoms with van der Waals surface area (Å²) in [6, 6.07) is 13.7. The molecule has 1 aliphatic rings. The van der Waals surface area contributed by atoms with Crippen LogP contribution in [0.25, 0.3) is 0 Å². The van der Waals surface area contributed by atoms with E-state index in [2.05, 4.69) is 28.1 Å². The molecule has 1 atom stereocenters. The van der Waals surface area contributed by atoms with Crippen molar-refractivity contribution in [3.8, 4) is 5.75 Å². The first-order valence-electron chi connectivity index (χ1n) is 5.93. The van der Waals surface area contributed by atoms with Gasteiger partial charge in [0.15, 0.2) is 0 Å². The smallest absolute Gasteiger partial charge is 0.115 e. The Hall–Kier alpha value is -1.32. The molecule has 1 N–H and O–H groups in total. The van der Waals surface area contributed by atoms with Gasteiger partial charge in [0.2, 0.25) is 0 Å². The fourth-order valence-electron chi connectivity index (χ4n) is 2.35. The standard InChI is InChI=1S/C15H13BrO2/c16-12-3-1-10(2-4-12)15-14-6-5-13(17)9-11(14)7-8-18-15/h1-6,9,15,17H,7-8H2/t15-/m0/s1. The van der Waals surface area contributed by atoms with Gasteiger partial charge in [0, 0.05) is 4.47 Å². The van der Waals surface area contributed by atoms with Crippen LogP contribution in [0.1, 0.15) is 22.8 Å². The average Bonchev–Trinajstić information content (AvgIpc) is 2.38. The maximum absolute atomic E-state index is 9.53. The molecular formula is C15H13BrO2. The first kappa shape index (κ1) is 11.8. The Morgan fingerprint density at radius 1 is 1.11 bits per heavy atom. The Kier molecular flexibility index (Phi) is 3.10. The van der Waals surface area contributed by atoms with Gasteiger partial charge in [-0.15, -0.1) is 0 Å². The maximum Gasteiger partial charge on any atom is 0.115 e. The van der Waals surface area contributed by atoms with Crippen LogP contribution in [0.15, 0.2) is 46.9 Å². The van der Waals surface area contributed by atoms with Crippen molar-refractivity contribution in [3.63, 3.8) is 0 Å². The summed E-state index contributed by atoms with van der Waals surface area (Å²) in [5.74, 6) is 0.324. The van der Waals surface area contributed by atoms with Crippen molar-refractivity contribution < 1.29 is 9.84 Å². The second-order valence-electron chi connectivity index (χ2n) is 4.44. The lowest BCUT2D eigenvalue weighted by molar-refractivity contribution is 0.0697. The van der Waals surface area contributed by atoms with Crippen LogP contribution in [0.4, 0.5) is 0 Å². The van der Waals surface area contributed by atoms with Crippen LogP contribution in [-0.2, 0) is 11.2 Å². The molecule has 2 aromatic rings. The van der Waals surface area contributed by atoms with E-state index in [1.54, 1.807) is 6.07 Å². The van der Waals surface area contributed by atoms with Gasteiger partial charge < -0.3 is 9.84 Å². The first-order chi connectivity index (χ1) is 8.74. The van der Waals surface area contributed by atoms with E-state index in [1.165, 1.54) is 5.56 Å². The average molecular weight is 305 g/mol. The highest BCUT2D eigenvalue weighted by Crippen LogP contribution is 2.34. The molecule has 0 saturated heterocycles. The summed E-state index contributed by atoms with van der Waals surface area (Å²) in [4.78, 5) is 0. The number of ether oxygens (including phenoxy) is 1. The Morgan fingerprint density at radius 3 is 2.67 bits per heavy atom. The van der Waals surface area contributed by atoms with Gasteiger partial charge in [-0.2, -0.15) is 0 Å². The van der Waals surface area contributed by atoms with Gasteiger partial charge in [0.1, 0.15) is 11.9 Å². The monoisotopic (exact) mass is 304 g/mol. The lowest BCUT2D eigenvalue weighted by Gasteiger charge is -2.26. The van der Waals surface area contributed by atoms with Gasteiger partial charge in [-0.3, -0.25) is 0 Å². The second kappa shape index (κ2) is 4.75. The van der Waals surface area contributed by atoms with E-state index in [-0.39, 0.29) is 6.10 Å². The lowest BCUT2D eigenvalue weighted by Crippen LogP contribution is -2.17. The summed E-state index contributed by atoms with van der Waals surface area (Å²) in [6.45, 7) is 0.692. The highest BCUT2D eigenvalue weighted by atomic mass is 79.9. The normalized spacial score (nSPS) is 18.4. The van der Waals surface area contributed by atoms with Crippen LogP contribution in [0, 0.1) is 0 Å². The SMILES string of the molecule is Oc1ccc2c(c1)CCO[C@H]2c1ccc(Br)cc1. The Labute approximate surface area is 114 Å². The third-order valence-corrected chi connectivity index (χ3v) is 3.77. The third kappa shape index (κ3) is 2.16. The van der Waals surface area contributed by atoms with Crippen molar-refractivity contribution in [2.75, 3.05) is 6.61 Å². The van der Waals surface area contributed by atoms with Crippen LogP contribution in [0.2, 0.25) is 0 Å². The third-order valence-electron chi connectivity index (χ3n) is 3.24. The molecule has 3 rings (SSSR count). The minimum Gasteiger partial charge on any atom is -0.508 e. The fraction of sp³-hybridized carbons (Fsp3) is 0.200. The predicted molar refractivity (Wildman–Crippen MR) is 73.7 cm³/mol. The molecule has 0 spiro atoms. The van der Waals surface area contributed by atoms with Gasteiger partial charge in [-0.25, -0.2) is 0 Å². The summed E-state index contributed by atoms with van der Waals surface area (Å²) >= 11 is 3.44. The molecule has 0 aliphatic carbocycles. The second-order valence-corrected chi connectivity index (χ2v) is 5.35. The Bertz CT molecular complexity index is 563. The lowest BCUT2D eigenvalue weighted by atomic mass is 9.93. The van der Waals surface area contributed by atoms with Gasteiger partial charge in [-0.1, -0.05) is 34.1 Å². The van der Waals surface area contributed by atoms with Crippen LogP contribution < -0.4 is 0 Å². The van der Waals surface area contributed by atoms with Gasteiger partial charge in [0.05, 0.1) is 6.61 Å². The summed E-state index contributed by atoms with van der Waals surface area (Å²) in [7, 11) is 0. The van der Waals surface area contributed by atoms with E-state index in [0.29, 0.717) is 12.4 Å². The Morgan fingerprint density at radius 2 is 1.89 bits per heavy atom. The number of rotatable bonds is 1. The number of phenols is 1.